The van der Waals surface area contributed by atoms with Gasteiger partial charge in [0.15, 0.2) is 5.69 Å². The average Bonchev–Trinajstić information content (AvgIpc) is 3.24. The zero-order chi connectivity index (χ0) is 19.8. The second-order valence-electron chi connectivity index (χ2n) is 6.91. The first kappa shape index (κ1) is 20.4. The van der Waals surface area contributed by atoms with Crippen molar-refractivity contribution < 1.29 is 9.53 Å². The van der Waals surface area contributed by atoms with Crippen LogP contribution in [0.3, 0.4) is 0 Å². The number of nitrogens with zero attached hydrogens (tertiary/aromatic N) is 3. The first-order chi connectivity index (χ1) is 13.7. The largest absolute Gasteiger partial charge is 0.494 e. The van der Waals surface area contributed by atoms with Crippen LogP contribution in [0.15, 0.2) is 30.5 Å². The van der Waals surface area contributed by atoms with E-state index < -0.39 is 0 Å². The fourth-order valence-electron chi connectivity index (χ4n) is 3.08. The zero-order valence-electron chi connectivity index (χ0n) is 16.3. The van der Waals surface area contributed by atoms with Gasteiger partial charge < -0.3 is 15.0 Å². The number of carbonyl (C=O) groups excluding carboxylic acids is 1. The molecule has 1 fully saturated rings. The van der Waals surface area contributed by atoms with E-state index in [0.29, 0.717) is 12.5 Å². The van der Waals surface area contributed by atoms with Crippen LogP contribution in [0.2, 0.25) is 5.02 Å². The van der Waals surface area contributed by atoms with Crippen molar-refractivity contribution in [3.8, 4) is 5.75 Å². The van der Waals surface area contributed by atoms with Gasteiger partial charge in [-0.2, -0.15) is 0 Å². The predicted octanol–water partition coefficient (Wildman–Crippen LogP) is 3.88. The first-order valence-electron chi connectivity index (χ1n) is 9.95. The van der Waals surface area contributed by atoms with Crippen molar-refractivity contribution in [2.75, 3.05) is 31.1 Å². The molecule has 150 valence electrons. The van der Waals surface area contributed by atoms with E-state index in [2.05, 4.69) is 27.1 Å². The number of nitrogens with one attached hydrogen (secondary N) is 1. The Labute approximate surface area is 171 Å². The monoisotopic (exact) mass is 402 g/mol. The molecule has 0 radical (unpaired) electrons. The zero-order valence-corrected chi connectivity index (χ0v) is 17.0. The van der Waals surface area contributed by atoms with Gasteiger partial charge in [0.1, 0.15) is 5.75 Å². The standard InChI is InChI=1S/C21H27ClN4O2/c1-2-3-14-28-17-8-6-16(7-9-17)10-11-23-20(27)19-18(22)15-24-21(25-19)26-12-4-5-13-26/h6-9,15H,2-5,10-14H2,1H3,(H,23,27). The van der Waals surface area contributed by atoms with Crippen LogP contribution in [0.1, 0.15) is 48.7 Å². The minimum atomic E-state index is -0.271. The summed E-state index contributed by atoms with van der Waals surface area (Å²) in [5.41, 5.74) is 1.37. The van der Waals surface area contributed by atoms with Gasteiger partial charge in [0, 0.05) is 19.6 Å². The molecule has 1 saturated heterocycles. The molecule has 7 heteroatoms. The minimum Gasteiger partial charge on any atom is -0.494 e. The molecule has 6 nitrogen and oxygen atoms in total. The van der Waals surface area contributed by atoms with Gasteiger partial charge in [0.05, 0.1) is 17.8 Å². The summed E-state index contributed by atoms with van der Waals surface area (Å²) >= 11 is 6.14. The van der Waals surface area contributed by atoms with Crippen molar-refractivity contribution in [2.45, 2.75) is 39.0 Å². The topological polar surface area (TPSA) is 67.3 Å². The van der Waals surface area contributed by atoms with Crippen LogP contribution >= 0.6 is 11.6 Å². The molecule has 0 bridgehead atoms. The van der Waals surface area contributed by atoms with Gasteiger partial charge in [-0.05, 0) is 43.4 Å². The van der Waals surface area contributed by atoms with Crippen molar-refractivity contribution in [1.82, 2.24) is 15.3 Å². The Balaban J connectivity index is 1.50. The van der Waals surface area contributed by atoms with Crippen LogP contribution in [0.5, 0.6) is 5.75 Å². The van der Waals surface area contributed by atoms with Gasteiger partial charge >= 0.3 is 0 Å². The van der Waals surface area contributed by atoms with E-state index in [-0.39, 0.29) is 16.6 Å². The molecule has 2 aromatic rings. The summed E-state index contributed by atoms with van der Waals surface area (Å²) in [7, 11) is 0. The Morgan fingerprint density at radius 1 is 1.25 bits per heavy atom. The van der Waals surface area contributed by atoms with Gasteiger partial charge in [-0.25, -0.2) is 9.97 Å². The lowest BCUT2D eigenvalue weighted by molar-refractivity contribution is 0.0949. The molecular formula is C21H27ClN4O2. The van der Waals surface area contributed by atoms with Crippen molar-refractivity contribution in [3.63, 3.8) is 0 Å². The second-order valence-corrected chi connectivity index (χ2v) is 7.32. The Hall–Kier alpha value is -2.34. The number of anilines is 1. The van der Waals surface area contributed by atoms with Gasteiger partial charge in [-0.3, -0.25) is 4.79 Å². The molecule has 3 rings (SSSR count). The molecule has 1 aromatic heterocycles. The molecule has 1 aromatic carbocycles. The highest BCUT2D eigenvalue weighted by molar-refractivity contribution is 6.33. The van der Waals surface area contributed by atoms with E-state index in [1.54, 1.807) is 0 Å². The van der Waals surface area contributed by atoms with E-state index in [1.807, 2.05) is 24.3 Å². The number of carbonyl (C=O) groups is 1. The lowest BCUT2D eigenvalue weighted by atomic mass is 10.1. The third-order valence-corrected chi connectivity index (χ3v) is 5.00. The van der Waals surface area contributed by atoms with E-state index in [0.717, 1.165) is 63.1 Å². The van der Waals surface area contributed by atoms with Crippen LogP contribution in [0.4, 0.5) is 5.95 Å². The fourth-order valence-corrected chi connectivity index (χ4v) is 3.25. The SMILES string of the molecule is CCCCOc1ccc(CCNC(=O)c2nc(N3CCCC3)ncc2Cl)cc1. The van der Waals surface area contributed by atoms with Crippen LogP contribution in [-0.4, -0.2) is 42.1 Å². The van der Waals surface area contributed by atoms with Crippen LogP contribution < -0.4 is 15.0 Å². The summed E-state index contributed by atoms with van der Waals surface area (Å²) in [4.78, 5) is 23.2. The van der Waals surface area contributed by atoms with Crippen LogP contribution in [-0.2, 0) is 6.42 Å². The number of aromatic nitrogens is 2. The van der Waals surface area contributed by atoms with Crippen molar-refractivity contribution >= 4 is 23.5 Å². The van der Waals surface area contributed by atoms with Crippen molar-refractivity contribution in [2.24, 2.45) is 0 Å². The molecule has 1 N–H and O–H groups in total. The van der Waals surface area contributed by atoms with Gasteiger partial charge in [0.25, 0.3) is 5.91 Å². The minimum absolute atomic E-state index is 0.234. The number of hydrogen-bond donors (Lipinski definition) is 1. The summed E-state index contributed by atoms with van der Waals surface area (Å²) in [5, 5.41) is 3.17. The molecule has 0 spiro atoms. The van der Waals surface area contributed by atoms with E-state index in [4.69, 9.17) is 16.3 Å². The lowest BCUT2D eigenvalue weighted by Crippen LogP contribution is -2.28. The first-order valence-corrected chi connectivity index (χ1v) is 10.3. The van der Waals surface area contributed by atoms with Crippen LogP contribution in [0.25, 0.3) is 0 Å². The number of ether oxygens (including phenoxy) is 1. The smallest absolute Gasteiger partial charge is 0.271 e. The summed E-state index contributed by atoms with van der Waals surface area (Å²) in [6.07, 6.45) is 6.65. The fraction of sp³-hybridized carbons (Fsp3) is 0.476. The van der Waals surface area contributed by atoms with Gasteiger partial charge in [-0.1, -0.05) is 37.1 Å². The highest BCUT2D eigenvalue weighted by atomic mass is 35.5. The number of amides is 1. The number of halogens is 1. The average molecular weight is 403 g/mol. The van der Waals surface area contributed by atoms with Gasteiger partial charge in [0.2, 0.25) is 5.95 Å². The Morgan fingerprint density at radius 2 is 2.00 bits per heavy atom. The molecule has 28 heavy (non-hydrogen) atoms. The van der Waals surface area contributed by atoms with E-state index in [9.17, 15) is 4.79 Å². The number of unbranched alkanes of at least 4 members (excludes halogenated alkanes) is 1. The molecule has 0 unspecified atom stereocenters. The maximum atomic E-state index is 12.5. The summed E-state index contributed by atoms with van der Waals surface area (Å²) in [6.45, 7) is 5.23. The Morgan fingerprint density at radius 3 is 2.71 bits per heavy atom. The molecular weight excluding hydrogens is 376 g/mol. The third-order valence-electron chi connectivity index (χ3n) is 4.72. The predicted molar refractivity (Wildman–Crippen MR) is 111 cm³/mol. The highest BCUT2D eigenvalue weighted by Gasteiger charge is 2.19. The maximum absolute atomic E-state index is 12.5. The molecule has 1 aliphatic rings. The molecule has 0 atom stereocenters. The van der Waals surface area contributed by atoms with Gasteiger partial charge in [-0.15, -0.1) is 0 Å². The number of benzene rings is 1. The van der Waals surface area contributed by atoms with Crippen molar-refractivity contribution in [3.05, 3.63) is 46.7 Å². The maximum Gasteiger partial charge on any atom is 0.271 e. The van der Waals surface area contributed by atoms with Crippen molar-refractivity contribution in [1.29, 1.82) is 0 Å². The normalized spacial score (nSPS) is 13.6. The second kappa shape index (κ2) is 10.3. The highest BCUT2D eigenvalue weighted by Crippen LogP contribution is 2.20. The molecule has 2 heterocycles. The molecule has 1 aliphatic heterocycles. The Kier molecular flexibility index (Phi) is 7.48. The molecule has 0 aliphatic carbocycles. The number of hydrogen-bond acceptors (Lipinski definition) is 5. The van der Waals surface area contributed by atoms with Crippen LogP contribution in [0, 0.1) is 0 Å². The molecule has 0 saturated carbocycles. The number of rotatable bonds is 9. The Bertz CT molecular complexity index is 776. The summed E-state index contributed by atoms with van der Waals surface area (Å²) in [5.74, 6) is 1.18. The third kappa shape index (κ3) is 5.58. The van der Waals surface area contributed by atoms with E-state index >= 15 is 0 Å². The lowest BCUT2D eigenvalue weighted by Gasteiger charge is -2.16. The van der Waals surface area contributed by atoms with E-state index in [1.165, 1.54) is 6.20 Å². The molecule has 1 amide bonds. The summed E-state index contributed by atoms with van der Waals surface area (Å²) < 4.78 is 5.67. The summed E-state index contributed by atoms with van der Waals surface area (Å²) in [6, 6.07) is 7.99. The quantitative estimate of drug-likeness (QED) is 0.644.